The van der Waals surface area contributed by atoms with Crippen LogP contribution in [-0.4, -0.2) is 27.8 Å². The van der Waals surface area contributed by atoms with Crippen LogP contribution in [0, 0.1) is 0 Å². The van der Waals surface area contributed by atoms with Gasteiger partial charge in [-0.15, -0.1) is 12.4 Å². The molecule has 1 aliphatic carbocycles. The van der Waals surface area contributed by atoms with Gasteiger partial charge in [0.25, 0.3) is 5.91 Å². The van der Waals surface area contributed by atoms with E-state index in [1.165, 1.54) is 0 Å². The molecule has 0 unspecified atom stereocenters. The first-order chi connectivity index (χ1) is 9.27. The SMILES string of the molecule is Cl.Cn1nc(C(C)(C)C)cc1C(=O)NC1CCC(N)CC1. The summed E-state index contributed by atoms with van der Waals surface area (Å²) in [5, 5.41) is 7.55. The molecule has 0 aromatic carbocycles. The van der Waals surface area contributed by atoms with Crippen molar-refractivity contribution >= 4 is 18.3 Å². The fourth-order valence-electron chi connectivity index (χ4n) is 2.57. The van der Waals surface area contributed by atoms with Gasteiger partial charge in [0.15, 0.2) is 0 Å². The van der Waals surface area contributed by atoms with Gasteiger partial charge in [0, 0.05) is 24.5 Å². The lowest BCUT2D eigenvalue weighted by Gasteiger charge is -2.26. The average molecular weight is 315 g/mol. The predicted octanol–water partition coefficient (Wildman–Crippen LogP) is 2.14. The number of halogens is 1. The van der Waals surface area contributed by atoms with Crippen LogP contribution in [0.25, 0.3) is 0 Å². The Morgan fingerprint density at radius 2 is 1.90 bits per heavy atom. The van der Waals surface area contributed by atoms with Crippen LogP contribution in [0.5, 0.6) is 0 Å². The van der Waals surface area contributed by atoms with E-state index in [2.05, 4.69) is 31.2 Å². The van der Waals surface area contributed by atoms with E-state index in [9.17, 15) is 4.79 Å². The molecule has 21 heavy (non-hydrogen) atoms. The van der Waals surface area contributed by atoms with Gasteiger partial charge >= 0.3 is 0 Å². The van der Waals surface area contributed by atoms with Crippen LogP contribution in [0.2, 0.25) is 0 Å². The van der Waals surface area contributed by atoms with E-state index in [1.807, 2.05) is 13.1 Å². The van der Waals surface area contributed by atoms with Crippen LogP contribution in [0.4, 0.5) is 0 Å². The molecule has 0 aliphatic heterocycles. The Balaban J connectivity index is 0.00000220. The fourth-order valence-corrected chi connectivity index (χ4v) is 2.57. The van der Waals surface area contributed by atoms with Crippen molar-refractivity contribution in [3.63, 3.8) is 0 Å². The van der Waals surface area contributed by atoms with E-state index in [0.29, 0.717) is 11.7 Å². The quantitative estimate of drug-likeness (QED) is 0.878. The first-order valence-corrected chi connectivity index (χ1v) is 7.38. The van der Waals surface area contributed by atoms with Gasteiger partial charge < -0.3 is 11.1 Å². The molecule has 120 valence electrons. The fraction of sp³-hybridized carbons (Fsp3) is 0.733. The van der Waals surface area contributed by atoms with Crippen molar-refractivity contribution in [1.82, 2.24) is 15.1 Å². The molecular formula is C15H27ClN4O. The monoisotopic (exact) mass is 314 g/mol. The first-order valence-electron chi connectivity index (χ1n) is 7.38. The van der Waals surface area contributed by atoms with Gasteiger partial charge in [-0.2, -0.15) is 5.10 Å². The molecule has 0 spiro atoms. The molecule has 1 heterocycles. The maximum atomic E-state index is 12.4. The van der Waals surface area contributed by atoms with Gasteiger partial charge in [-0.05, 0) is 31.7 Å². The van der Waals surface area contributed by atoms with Crippen molar-refractivity contribution in [3.8, 4) is 0 Å². The molecule has 1 fully saturated rings. The Kier molecular flexibility index (Phi) is 5.82. The number of nitrogens with two attached hydrogens (primary N) is 1. The first kappa shape index (κ1) is 18.0. The third-order valence-corrected chi connectivity index (χ3v) is 3.99. The number of carbonyl (C=O) groups is 1. The summed E-state index contributed by atoms with van der Waals surface area (Å²) in [7, 11) is 1.82. The van der Waals surface area contributed by atoms with Crippen LogP contribution in [0.3, 0.4) is 0 Å². The van der Waals surface area contributed by atoms with Gasteiger partial charge in [-0.3, -0.25) is 9.48 Å². The molecule has 1 aliphatic rings. The third kappa shape index (κ3) is 4.45. The van der Waals surface area contributed by atoms with Crippen LogP contribution >= 0.6 is 12.4 Å². The molecule has 2 rings (SSSR count). The molecule has 0 bridgehead atoms. The Hall–Kier alpha value is -1.07. The summed E-state index contributed by atoms with van der Waals surface area (Å²) in [6, 6.07) is 2.44. The summed E-state index contributed by atoms with van der Waals surface area (Å²) >= 11 is 0. The topological polar surface area (TPSA) is 72.9 Å². The smallest absolute Gasteiger partial charge is 0.269 e. The van der Waals surface area contributed by atoms with E-state index >= 15 is 0 Å². The predicted molar refractivity (Wildman–Crippen MR) is 86.9 cm³/mol. The van der Waals surface area contributed by atoms with Crippen LogP contribution in [-0.2, 0) is 12.5 Å². The number of hydrogen-bond acceptors (Lipinski definition) is 3. The van der Waals surface area contributed by atoms with Crippen molar-refractivity contribution in [2.45, 2.75) is 64.0 Å². The second-order valence-electron chi connectivity index (χ2n) is 6.87. The summed E-state index contributed by atoms with van der Waals surface area (Å²) in [5.74, 6) is -0.0315. The molecule has 0 radical (unpaired) electrons. The number of rotatable bonds is 2. The summed E-state index contributed by atoms with van der Waals surface area (Å²) in [4.78, 5) is 12.4. The second kappa shape index (κ2) is 6.79. The minimum Gasteiger partial charge on any atom is -0.348 e. The lowest BCUT2D eigenvalue weighted by atomic mass is 9.91. The molecule has 1 amide bonds. The zero-order valence-corrected chi connectivity index (χ0v) is 14.2. The number of nitrogens with one attached hydrogen (secondary N) is 1. The molecule has 1 aromatic rings. The largest absolute Gasteiger partial charge is 0.348 e. The number of aryl methyl sites for hydroxylation is 1. The Labute approximate surface area is 133 Å². The highest BCUT2D eigenvalue weighted by Crippen LogP contribution is 2.22. The Bertz CT molecular complexity index is 484. The zero-order valence-electron chi connectivity index (χ0n) is 13.3. The van der Waals surface area contributed by atoms with E-state index in [1.54, 1.807) is 4.68 Å². The van der Waals surface area contributed by atoms with Crippen molar-refractivity contribution in [3.05, 3.63) is 17.5 Å². The maximum absolute atomic E-state index is 12.4. The molecular weight excluding hydrogens is 288 g/mol. The van der Waals surface area contributed by atoms with E-state index in [0.717, 1.165) is 31.4 Å². The van der Waals surface area contributed by atoms with Crippen LogP contribution in [0.15, 0.2) is 6.07 Å². The molecule has 6 heteroatoms. The molecule has 1 saturated carbocycles. The van der Waals surface area contributed by atoms with Gasteiger partial charge in [-0.1, -0.05) is 20.8 Å². The minimum absolute atomic E-state index is 0. The summed E-state index contributed by atoms with van der Waals surface area (Å²) in [6.45, 7) is 6.29. The number of nitrogens with zero attached hydrogens (tertiary/aromatic N) is 2. The summed E-state index contributed by atoms with van der Waals surface area (Å²) < 4.78 is 1.67. The molecule has 0 atom stereocenters. The lowest BCUT2D eigenvalue weighted by molar-refractivity contribution is 0.0916. The number of aromatic nitrogens is 2. The Morgan fingerprint density at radius 1 is 1.33 bits per heavy atom. The summed E-state index contributed by atoms with van der Waals surface area (Å²) in [6.07, 6.45) is 3.92. The van der Waals surface area contributed by atoms with Crippen LogP contribution in [0.1, 0.15) is 62.6 Å². The van der Waals surface area contributed by atoms with E-state index in [-0.39, 0.29) is 29.8 Å². The van der Waals surface area contributed by atoms with Crippen molar-refractivity contribution in [2.75, 3.05) is 0 Å². The second-order valence-corrected chi connectivity index (χ2v) is 6.87. The number of hydrogen-bond donors (Lipinski definition) is 2. The highest BCUT2D eigenvalue weighted by molar-refractivity contribution is 5.92. The highest BCUT2D eigenvalue weighted by Gasteiger charge is 2.24. The van der Waals surface area contributed by atoms with Crippen LogP contribution < -0.4 is 11.1 Å². The number of amides is 1. The highest BCUT2D eigenvalue weighted by atomic mass is 35.5. The minimum atomic E-state index is -0.0477. The van der Waals surface area contributed by atoms with Gasteiger partial charge in [0.1, 0.15) is 5.69 Å². The standard InChI is InChI=1S/C15H26N4O.ClH/c1-15(2,3)13-9-12(19(4)18-13)14(20)17-11-7-5-10(16)6-8-11;/h9-11H,5-8,16H2,1-4H3,(H,17,20);1H. The van der Waals surface area contributed by atoms with Gasteiger partial charge in [0.05, 0.1) is 5.69 Å². The number of carbonyl (C=O) groups excluding carboxylic acids is 1. The van der Waals surface area contributed by atoms with E-state index < -0.39 is 0 Å². The zero-order chi connectivity index (χ0) is 14.9. The van der Waals surface area contributed by atoms with Gasteiger partial charge in [-0.25, -0.2) is 0 Å². The Morgan fingerprint density at radius 3 is 2.38 bits per heavy atom. The van der Waals surface area contributed by atoms with Gasteiger partial charge in [0.2, 0.25) is 0 Å². The molecule has 5 nitrogen and oxygen atoms in total. The van der Waals surface area contributed by atoms with Crippen molar-refractivity contribution in [1.29, 1.82) is 0 Å². The van der Waals surface area contributed by atoms with Crippen molar-refractivity contribution in [2.24, 2.45) is 12.8 Å². The molecule has 1 aromatic heterocycles. The lowest BCUT2D eigenvalue weighted by Crippen LogP contribution is -2.41. The van der Waals surface area contributed by atoms with E-state index in [4.69, 9.17) is 5.73 Å². The maximum Gasteiger partial charge on any atom is 0.269 e. The normalized spacial score (nSPS) is 22.5. The summed E-state index contributed by atoms with van der Waals surface area (Å²) in [5.41, 5.74) is 7.41. The van der Waals surface area contributed by atoms with Crippen molar-refractivity contribution < 1.29 is 4.79 Å². The average Bonchev–Trinajstić information content (AvgIpc) is 2.74. The molecule has 0 saturated heterocycles. The molecule has 3 N–H and O–H groups in total. The third-order valence-electron chi connectivity index (χ3n) is 3.99.